The minimum absolute atomic E-state index is 0.216. The maximum absolute atomic E-state index is 6.08. The van der Waals surface area contributed by atoms with E-state index in [0.717, 1.165) is 49.7 Å². The summed E-state index contributed by atoms with van der Waals surface area (Å²) in [5.41, 5.74) is 3.62. The van der Waals surface area contributed by atoms with E-state index in [-0.39, 0.29) is 6.10 Å². The van der Waals surface area contributed by atoms with Crippen molar-refractivity contribution in [3.63, 3.8) is 0 Å². The molecular weight excluding hydrogens is 350 g/mol. The van der Waals surface area contributed by atoms with Crippen molar-refractivity contribution in [2.24, 2.45) is 4.99 Å². The van der Waals surface area contributed by atoms with Crippen LogP contribution in [0.4, 0.5) is 0 Å². The third kappa shape index (κ3) is 6.27. The Labute approximate surface area is 168 Å². The molecule has 1 heterocycles. The van der Waals surface area contributed by atoms with Crippen molar-refractivity contribution >= 4 is 5.96 Å². The minimum atomic E-state index is 0.216. The van der Waals surface area contributed by atoms with Gasteiger partial charge in [0.1, 0.15) is 12.4 Å². The molecule has 1 atom stereocenters. The maximum Gasteiger partial charge on any atom is 0.191 e. The van der Waals surface area contributed by atoms with Crippen molar-refractivity contribution in [3.8, 4) is 5.75 Å². The molecule has 0 radical (unpaired) electrons. The highest BCUT2D eigenvalue weighted by Crippen LogP contribution is 2.22. The van der Waals surface area contributed by atoms with E-state index in [9.17, 15) is 0 Å². The van der Waals surface area contributed by atoms with Crippen LogP contribution >= 0.6 is 0 Å². The molecule has 2 N–H and O–H groups in total. The molecule has 150 valence electrons. The Kier molecular flexibility index (Phi) is 7.73. The lowest BCUT2D eigenvalue weighted by molar-refractivity contribution is 0.0676. The number of aliphatic imine (C=N–C) groups is 1. The molecule has 28 heavy (non-hydrogen) atoms. The van der Waals surface area contributed by atoms with Crippen molar-refractivity contribution in [3.05, 3.63) is 65.2 Å². The van der Waals surface area contributed by atoms with Crippen molar-refractivity contribution in [1.29, 1.82) is 0 Å². The van der Waals surface area contributed by atoms with Gasteiger partial charge in [-0.15, -0.1) is 0 Å². The highest BCUT2D eigenvalue weighted by Gasteiger charge is 2.17. The molecule has 2 aromatic carbocycles. The van der Waals surface area contributed by atoms with Gasteiger partial charge < -0.3 is 20.1 Å². The molecule has 1 unspecified atom stereocenters. The fourth-order valence-corrected chi connectivity index (χ4v) is 3.27. The van der Waals surface area contributed by atoms with Crippen molar-refractivity contribution < 1.29 is 9.47 Å². The van der Waals surface area contributed by atoms with Gasteiger partial charge in [-0.3, -0.25) is 4.99 Å². The quantitative estimate of drug-likeness (QED) is 0.543. The summed E-state index contributed by atoms with van der Waals surface area (Å²) in [5.74, 6) is 1.71. The van der Waals surface area contributed by atoms with Crippen LogP contribution in [0.1, 0.15) is 29.5 Å². The van der Waals surface area contributed by atoms with E-state index < -0.39 is 0 Å². The molecular formula is C23H31N3O2. The summed E-state index contributed by atoms with van der Waals surface area (Å²) < 4.78 is 11.8. The van der Waals surface area contributed by atoms with Gasteiger partial charge in [-0.25, -0.2) is 0 Å². The smallest absolute Gasteiger partial charge is 0.191 e. The van der Waals surface area contributed by atoms with Crippen LogP contribution in [0.25, 0.3) is 0 Å². The Morgan fingerprint density at radius 3 is 2.79 bits per heavy atom. The molecule has 0 amide bonds. The molecule has 1 fully saturated rings. The number of nitrogens with one attached hydrogen (secondary N) is 2. The number of rotatable bonds is 8. The van der Waals surface area contributed by atoms with Gasteiger partial charge in [0.15, 0.2) is 5.96 Å². The van der Waals surface area contributed by atoms with Gasteiger partial charge in [0.25, 0.3) is 0 Å². The van der Waals surface area contributed by atoms with Gasteiger partial charge in [-0.05, 0) is 43.4 Å². The molecule has 3 rings (SSSR count). The van der Waals surface area contributed by atoms with Crippen LogP contribution in [0.5, 0.6) is 5.75 Å². The van der Waals surface area contributed by atoms with Crippen molar-refractivity contribution in [2.45, 2.75) is 38.8 Å². The number of hydrogen-bond acceptors (Lipinski definition) is 3. The molecule has 0 spiro atoms. The average Bonchev–Trinajstić information content (AvgIpc) is 3.24. The van der Waals surface area contributed by atoms with E-state index in [1.165, 1.54) is 11.1 Å². The van der Waals surface area contributed by atoms with Crippen molar-refractivity contribution in [1.82, 2.24) is 10.6 Å². The molecule has 1 aliphatic rings. The monoisotopic (exact) mass is 381 g/mol. The predicted molar refractivity (Wildman–Crippen MR) is 114 cm³/mol. The number of guanidine groups is 1. The number of benzene rings is 2. The second kappa shape index (κ2) is 10.7. The van der Waals surface area contributed by atoms with E-state index in [0.29, 0.717) is 13.2 Å². The molecule has 1 aliphatic heterocycles. The summed E-state index contributed by atoms with van der Waals surface area (Å²) in [6, 6.07) is 16.8. The topological polar surface area (TPSA) is 54.9 Å². The highest BCUT2D eigenvalue weighted by atomic mass is 16.5. The lowest BCUT2D eigenvalue weighted by Gasteiger charge is -2.17. The summed E-state index contributed by atoms with van der Waals surface area (Å²) in [6.07, 6.45) is 3.38. The van der Waals surface area contributed by atoms with Crippen LogP contribution in [0.3, 0.4) is 0 Å². The lowest BCUT2D eigenvalue weighted by Crippen LogP contribution is -2.38. The van der Waals surface area contributed by atoms with Gasteiger partial charge >= 0.3 is 0 Å². The van der Waals surface area contributed by atoms with Gasteiger partial charge in [0, 0.05) is 32.3 Å². The molecule has 0 aliphatic carbocycles. The van der Waals surface area contributed by atoms with E-state index in [1.807, 2.05) is 6.07 Å². The molecule has 5 nitrogen and oxygen atoms in total. The zero-order valence-corrected chi connectivity index (χ0v) is 16.9. The molecule has 5 heteroatoms. The Hall–Kier alpha value is -2.53. The summed E-state index contributed by atoms with van der Waals surface area (Å²) in [7, 11) is 1.79. The lowest BCUT2D eigenvalue weighted by atomic mass is 10.1. The Morgan fingerprint density at radius 2 is 2.04 bits per heavy atom. The number of aryl methyl sites for hydroxylation is 1. The predicted octanol–water partition coefficient (Wildman–Crippen LogP) is 3.46. The van der Waals surface area contributed by atoms with E-state index in [1.54, 1.807) is 7.05 Å². The molecule has 2 aromatic rings. The van der Waals surface area contributed by atoms with Crippen LogP contribution in [-0.2, 0) is 17.7 Å². The van der Waals surface area contributed by atoms with Crippen LogP contribution in [0, 0.1) is 6.92 Å². The summed E-state index contributed by atoms with van der Waals surface area (Å²) in [5, 5.41) is 6.76. The first-order valence-electron chi connectivity index (χ1n) is 10.1. The van der Waals surface area contributed by atoms with Crippen LogP contribution in [0.2, 0.25) is 0 Å². The zero-order chi connectivity index (χ0) is 19.6. The minimum Gasteiger partial charge on any atom is -0.491 e. The van der Waals surface area contributed by atoms with Crippen molar-refractivity contribution in [2.75, 3.05) is 26.8 Å². The first-order chi connectivity index (χ1) is 13.7. The Balaban J connectivity index is 1.50. The molecule has 0 aromatic heterocycles. The third-order valence-electron chi connectivity index (χ3n) is 4.89. The fourth-order valence-electron chi connectivity index (χ4n) is 3.27. The second-order valence-electron chi connectivity index (χ2n) is 7.15. The van der Waals surface area contributed by atoms with Crippen LogP contribution in [0.15, 0.2) is 53.5 Å². The molecule has 0 saturated carbocycles. The average molecular weight is 382 g/mol. The molecule has 0 bridgehead atoms. The Bertz CT molecular complexity index is 756. The first-order valence-corrected chi connectivity index (χ1v) is 10.1. The summed E-state index contributed by atoms with van der Waals surface area (Å²) in [6.45, 7) is 5.04. The van der Waals surface area contributed by atoms with Gasteiger partial charge in [-0.1, -0.05) is 42.5 Å². The molecule has 1 saturated heterocycles. The largest absolute Gasteiger partial charge is 0.491 e. The summed E-state index contributed by atoms with van der Waals surface area (Å²) >= 11 is 0. The first kappa shape index (κ1) is 20.2. The maximum atomic E-state index is 6.08. The van der Waals surface area contributed by atoms with Gasteiger partial charge in [0.05, 0.1) is 6.10 Å². The van der Waals surface area contributed by atoms with Gasteiger partial charge in [-0.2, -0.15) is 0 Å². The van der Waals surface area contributed by atoms with Gasteiger partial charge in [0.2, 0.25) is 0 Å². The zero-order valence-electron chi connectivity index (χ0n) is 16.9. The Morgan fingerprint density at radius 1 is 1.18 bits per heavy atom. The number of hydrogen-bond donors (Lipinski definition) is 2. The normalized spacial score (nSPS) is 16.8. The van der Waals surface area contributed by atoms with Crippen LogP contribution < -0.4 is 15.4 Å². The fraction of sp³-hybridized carbons (Fsp3) is 0.435. The third-order valence-corrected chi connectivity index (χ3v) is 4.89. The standard InChI is InChI=1S/C23H31N3O2/c1-18-10-11-20(22(15-18)28-17-21-9-6-14-27-21)16-26-23(24-2)25-13-12-19-7-4-3-5-8-19/h3-5,7-8,10-11,15,21H,6,9,12-14,16-17H2,1-2H3,(H2,24,25,26). The van der Waals surface area contributed by atoms with Crippen LogP contribution in [-0.4, -0.2) is 38.9 Å². The van der Waals surface area contributed by atoms with E-state index in [2.05, 4.69) is 65.0 Å². The highest BCUT2D eigenvalue weighted by molar-refractivity contribution is 5.79. The summed E-state index contributed by atoms with van der Waals surface area (Å²) in [4.78, 5) is 4.32. The second-order valence-corrected chi connectivity index (χ2v) is 7.15. The van der Waals surface area contributed by atoms with E-state index >= 15 is 0 Å². The number of nitrogens with zero attached hydrogens (tertiary/aromatic N) is 1. The van der Waals surface area contributed by atoms with E-state index in [4.69, 9.17) is 9.47 Å². The SMILES string of the molecule is CN=C(NCCc1ccccc1)NCc1ccc(C)cc1OCC1CCCO1. The number of ether oxygens (including phenoxy) is 2.